The zero-order valence-corrected chi connectivity index (χ0v) is 15.4. The zero-order valence-electron chi connectivity index (χ0n) is 15.4. The van der Waals surface area contributed by atoms with E-state index >= 15 is 0 Å². The molecule has 138 valence electrons. The monoisotopic (exact) mass is 354 g/mol. The molecule has 3 rings (SSSR count). The maximum atomic E-state index is 12.3. The SMILES string of the molecule is COc1ccc(CC(=O)Nc2ccc(NC3CCCC3)cc2)cc1OC. The van der Waals surface area contributed by atoms with Crippen molar-refractivity contribution in [1.29, 1.82) is 0 Å². The minimum absolute atomic E-state index is 0.0614. The summed E-state index contributed by atoms with van der Waals surface area (Å²) in [6.45, 7) is 0. The summed E-state index contributed by atoms with van der Waals surface area (Å²) in [6.07, 6.45) is 5.37. The molecule has 0 aromatic heterocycles. The lowest BCUT2D eigenvalue weighted by atomic mass is 10.1. The average Bonchev–Trinajstić information content (AvgIpc) is 3.16. The van der Waals surface area contributed by atoms with Crippen molar-refractivity contribution in [2.75, 3.05) is 24.9 Å². The lowest BCUT2D eigenvalue weighted by molar-refractivity contribution is -0.115. The van der Waals surface area contributed by atoms with Gasteiger partial charge in [-0.05, 0) is 54.8 Å². The fourth-order valence-electron chi connectivity index (χ4n) is 3.34. The molecule has 5 nitrogen and oxygen atoms in total. The molecule has 0 spiro atoms. The van der Waals surface area contributed by atoms with Crippen molar-refractivity contribution in [3.63, 3.8) is 0 Å². The van der Waals surface area contributed by atoms with Crippen molar-refractivity contribution in [1.82, 2.24) is 0 Å². The standard InChI is InChI=1S/C21H26N2O3/c1-25-19-12-7-15(13-20(19)26-2)14-21(24)23-18-10-8-17(9-11-18)22-16-5-3-4-6-16/h7-13,16,22H,3-6,14H2,1-2H3,(H,23,24). The van der Waals surface area contributed by atoms with E-state index in [-0.39, 0.29) is 12.3 Å². The summed E-state index contributed by atoms with van der Waals surface area (Å²) < 4.78 is 10.5. The number of carbonyl (C=O) groups is 1. The van der Waals surface area contributed by atoms with Crippen LogP contribution >= 0.6 is 0 Å². The normalized spacial score (nSPS) is 14.1. The van der Waals surface area contributed by atoms with Crippen molar-refractivity contribution in [3.8, 4) is 11.5 Å². The maximum Gasteiger partial charge on any atom is 0.228 e. The van der Waals surface area contributed by atoms with Crippen LogP contribution < -0.4 is 20.1 Å². The molecule has 0 aliphatic heterocycles. The summed E-state index contributed by atoms with van der Waals surface area (Å²) in [6, 6.07) is 14.0. The summed E-state index contributed by atoms with van der Waals surface area (Å²) in [5, 5.41) is 6.48. The highest BCUT2D eigenvalue weighted by atomic mass is 16.5. The van der Waals surface area contributed by atoms with Gasteiger partial charge in [0.05, 0.1) is 20.6 Å². The number of carbonyl (C=O) groups excluding carboxylic acids is 1. The second kappa shape index (κ2) is 8.61. The third-order valence-corrected chi connectivity index (χ3v) is 4.71. The Morgan fingerprint density at radius 1 is 0.962 bits per heavy atom. The average molecular weight is 354 g/mol. The van der Waals surface area contributed by atoms with Gasteiger partial charge < -0.3 is 20.1 Å². The molecule has 5 heteroatoms. The number of nitrogens with one attached hydrogen (secondary N) is 2. The molecule has 1 aliphatic carbocycles. The Morgan fingerprint density at radius 2 is 1.62 bits per heavy atom. The molecule has 2 aromatic rings. The van der Waals surface area contributed by atoms with Gasteiger partial charge in [0, 0.05) is 17.4 Å². The molecule has 2 aromatic carbocycles. The third kappa shape index (κ3) is 4.69. The summed E-state index contributed by atoms with van der Waals surface area (Å²) in [5.74, 6) is 1.22. The van der Waals surface area contributed by atoms with E-state index in [0.717, 1.165) is 16.9 Å². The summed E-state index contributed by atoms with van der Waals surface area (Å²) in [5.41, 5.74) is 2.78. The molecular formula is C21H26N2O3. The smallest absolute Gasteiger partial charge is 0.228 e. The molecule has 1 amide bonds. The van der Waals surface area contributed by atoms with Gasteiger partial charge in [-0.3, -0.25) is 4.79 Å². The zero-order chi connectivity index (χ0) is 18.4. The summed E-state index contributed by atoms with van der Waals surface area (Å²) in [7, 11) is 3.18. The molecule has 26 heavy (non-hydrogen) atoms. The Kier molecular flexibility index (Phi) is 6.00. The van der Waals surface area contributed by atoms with Gasteiger partial charge in [-0.15, -0.1) is 0 Å². The molecule has 1 saturated carbocycles. The first-order chi connectivity index (χ1) is 12.7. The number of benzene rings is 2. The summed E-state index contributed by atoms with van der Waals surface area (Å²) >= 11 is 0. The van der Waals surface area contributed by atoms with Crippen LogP contribution in [0.1, 0.15) is 31.2 Å². The van der Waals surface area contributed by atoms with Crippen molar-refractivity contribution in [3.05, 3.63) is 48.0 Å². The van der Waals surface area contributed by atoms with Crippen LogP contribution in [0.15, 0.2) is 42.5 Å². The van der Waals surface area contributed by atoms with Crippen LogP contribution in [0, 0.1) is 0 Å². The topological polar surface area (TPSA) is 59.6 Å². The Morgan fingerprint density at radius 3 is 2.27 bits per heavy atom. The maximum absolute atomic E-state index is 12.3. The Balaban J connectivity index is 1.56. The first-order valence-electron chi connectivity index (χ1n) is 9.05. The quantitative estimate of drug-likeness (QED) is 0.781. The van der Waals surface area contributed by atoms with Crippen molar-refractivity contribution in [2.24, 2.45) is 0 Å². The predicted octanol–water partition coefficient (Wildman–Crippen LogP) is 4.24. The van der Waals surface area contributed by atoms with Gasteiger partial charge in [0.1, 0.15) is 0 Å². The number of hydrogen-bond acceptors (Lipinski definition) is 4. The van der Waals surface area contributed by atoms with Gasteiger partial charge in [-0.2, -0.15) is 0 Å². The van der Waals surface area contributed by atoms with Crippen LogP contribution in [0.4, 0.5) is 11.4 Å². The van der Waals surface area contributed by atoms with Crippen LogP contribution in [-0.4, -0.2) is 26.2 Å². The highest BCUT2D eigenvalue weighted by molar-refractivity contribution is 5.92. The van der Waals surface area contributed by atoms with Crippen LogP contribution in [-0.2, 0) is 11.2 Å². The van der Waals surface area contributed by atoms with E-state index < -0.39 is 0 Å². The van der Waals surface area contributed by atoms with E-state index in [2.05, 4.69) is 10.6 Å². The van der Waals surface area contributed by atoms with E-state index in [0.29, 0.717) is 17.5 Å². The van der Waals surface area contributed by atoms with Gasteiger partial charge in [0.25, 0.3) is 0 Å². The second-order valence-electron chi connectivity index (χ2n) is 6.62. The van der Waals surface area contributed by atoms with Gasteiger partial charge in [0.15, 0.2) is 11.5 Å². The molecule has 0 saturated heterocycles. The molecule has 0 unspecified atom stereocenters. The minimum Gasteiger partial charge on any atom is -0.493 e. The number of anilines is 2. The molecule has 0 atom stereocenters. The third-order valence-electron chi connectivity index (χ3n) is 4.71. The molecule has 2 N–H and O–H groups in total. The van der Waals surface area contributed by atoms with E-state index in [1.54, 1.807) is 14.2 Å². The van der Waals surface area contributed by atoms with E-state index in [1.807, 2.05) is 42.5 Å². The summed E-state index contributed by atoms with van der Waals surface area (Å²) in [4.78, 5) is 12.3. The predicted molar refractivity (Wildman–Crippen MR) is 104 cm³/mol. The minimum atomic E-state index is -0.0614. The van der Waals surface area contributed by atoms with Crippen LogP contribution in [0.2, 0.25) is 0 Å². The molecule has 0 heterocycles. The number of amides is 1. The number of ether oxygens (including phenoxy) is 2. The van der Waals surface area contributed by atoms with E-state index in [4.69, 9.17) is 9.47 Å². The highest BCUT2D eigenvalue weighted by Gasteiger charge is 2.14. The first kappa shape index (κ1) is 18.1. The van der Waals surface area contributed by atoms with Gasteiger partial charge >= 0.3 is 0 Å². The lowest BCUT2D eigenvalue weighted by Gasteiger charge is -2.14. The van der Waals surface area contributed by atoms with Crippen molar-refractivity contribution >= 4 is 17.3 Å². The van der Waals surface area contributed by atoms with Crippen LogP contribution in [0.25, 0.3) is 0 Å². The Hall–Kier alpha value is -2.69. The molecule has 1 fully saturated rings. The molecule has 0 radical (unpaired) electrons. The number of rotatable bonds is 7. The number of methoxy groups -OCH3 is 2. The largest absolute Gasteiger partial charge is 0.493 e. The Labute approximate surface area is 154 Å². The van der Waals surface area contributed by atoms with Crippen LogP contribution in [0.5, 0.6) is 11.5 Å². The molecule has 1 aliphatic rings. The van der Waals surface area contributed by atoms with Crippen LogP contribution in [0.3, 0.4) is 0 Å². The number of hydrogen-bond donors (Lipinski definition) is 2. The van der Waals surface area contributed by atoms with Gasteiger partial charge in [-0.25, -0.2) is 0 Å². The molecule has 0 bridgehead atoms. The fourth-order valence-corrected chi connectivity index (χ4v) is 3.34. The van der Waals surface area contributed by atoms with E-state index in [9.17, 15) is 4.79 Å². The fraction of sp³-hybridized carbons (Fsp3) is 0.381. The lowest BCUT2D eigenvalue weighted by Crippen LogP contribution is -2.15. The second-order valence-corrected chi connectivity index (χ2v) is 6.62. The highest BCUT2D eigenvalue weighted by Crippen LogP contribution is 2.28. The first-order valence-corrected chi connectivity index (χ1v) is 9.05. The van der Waals surface area contributed by atoms with Gasteiger partial charge in [-0.1, -0.05) is 18.9 Å². The van der Waals surface area contributed by atoms with Gasteiger partial charge in [0.2, 0.25) is 5.91 Å². The van der Waals surface area contributed by atoms with E-state index in [1.165, 1.54) is 25.7 Å². The van der Waals surface area contributed by atoms with Crippen molar-refractivity contribution < 1.29 is 14.3 Å². The van der Waals surface area contributed by atoms with Crippen molar-refractivity contribution in [2.45, 2.75) is 38.1 Å². The Bertz CT molecular complexity index is 737. The molecular weight excluding hydrogens is 328 g/mol.